The van der Waals surface area contributed by atoms with Gasteiger partial charge in [0.2, 0.25) is 0 Å². The number of benzene rings is 3. The van der Waals surface area contributed by atoms with E-state index in [4.69, 9.17) is 4.74 Å². The highest BCUT2D eigenvalue weighted by Gasteiger charge is 2.27. The number of carbonyl (C=O) groups is 1. The monoisotopic (exact) mass is 439 g/mol. The number of anilines is 2. The third-order valence-corrected chi connectivity index (χ3v) is 6.38. The van der Waals surface area contributed by atoms with Gasteiger partial charge in [0.1, 0.15) is 6.61 Å². The van der Waals surface area contributed by atoms with E-state index in [0.717, 1.165) is 48.7 Å². The van der Waals surface area contributed by atoms with E-state index in [0.29, 0.717) is 18.9 Å². The van der Waals surface area contributed by atoms with Gasteiger partial charge in [-0.15, -0.1) is 0 Å². The third kappa shape index (κ3) is 4.64. The zero-order valence-electron chi connectivity index (χ0n) is 19.0. The maximum absolute atomic E-state index is 13.3. The third-order valence-electron chi connectivity index (χ3n) is 6.38. The quantitative estimate of drug-likeness (QED) is 0.561. The number of morpholine rings is 1. The first-order valence-electron chi connectivity index (χ1n) is 11.5. The molecule has 2 aliphatic rings. The summed E-state index contributed by atoms with van der Waals surface area (Å²) in [6.07, 6.45) is 1.90. The van der Waals surface area contributed by atoms with Crippen LogP contribution in [0.15, 0.2) is 84.6 Å². The Labute approximate surface area is 195 Å². The molecule has 0 aromatic heterocycles. The average Bonchev–Trinajstić information content (AvgIpc) is 2.87. The minimum atomic E-state index is -0.0955. The molecule has 0 saturated carbocycles. The molecule has 2 saturated heterocycles. The second kappa shape index (κ2) is 9.51. The van der Waals surface area contributed by atoms with Crippen LogP contribution in [0.3, 0.4) is 0 Å². The van der Waals surface area contributed by atoms with Crippen molar-refractivity contribution >= 4 is 23.4 Å². The first-order valence-corrected chi connectivity index (χ1v) is 11.5. The van der Waals surface area contributed by atoms with Crippen LogP contribution >= 0.6 is 0 Å². The van der Waals surface area contributed by atoms with Gasteiger partial charge in [0.15, 0.2) is 5.76 Å². The average molecular weight is 440 g/mol. The Morgan fingerprint density at radius 1 is 0.758 bits per heavy atom. The van der Waals surface area contributed by atoms with Gasteiger partial charge < -0.3 is 19.4 Å². The summed E-state index contributed by atoms with van der Waals surface area (Å²) >= 11 is 0. The molecule has 0 unspecified atom stereocenters. The summed E-state index contributed by atoms with van der Waals surface area (Å²) in [5.74, 6) is 0.303. The summed E-state index contributed by atoms with van der Waals surface area (Å²) in [6.45, 7) is 5.05. The summed E-state index contributed by atoms with van der Waals surface area (Å²) in [4.78, 5) is 19.9. The molecular formula is C28H29N3O2. The van der Waals surface area contributed by atoms with Crippen molar-refractivity contribution in [1.29, 1.82) is 0 Å². The highest BCUT2D eigenvalue weighted by Crippen LogP contribution is 2.28. The molecule has 3 aromatic rings. The maximum Gasteiger partial charge on any atom is 0.293 e. The van der Waals surface area contributed by atoms with Crippen molar-refractivity contribution in [2.24, 2.45) is 0 Å². The second-order valence-electron chi connectivity index (χ2n) is 8.58. The van der Waals surface area contributed by atoms with E-state index in [1.807, 2.05) is 47.4 Å². The zero-order valence-corrected chi connectivity index (χ0v) is 19.0. The summed E-state index contributed by atoms with van der Waals surface area (Å²) in [7, 11) is 2.15. The van der Waals surface area contributed by atoms with E-state index < -0.39 is 0 Å². The van der Waals surface area contributed by atoms with Crippen LogP contribution in [0.1, 0.15) is 5.56 Å². The topological polar surface area (TPSA) is 36.0 Å². The van der Waals surface area contributed by atoms with Crippen LogP contribution in [0, 0.1) is 0 Å². The number of para-hydroxylation sites is 1. The van der Waals surface area contributed by atoms with Crippen LogP contribution in [-0.2, 0) is 9.53 Å². The number of piperazine rings is 1. The van der Waals surface area contributed by atoms with Gasteiger partial charge >= 0.3 is 0 Å². The minimum Gasteiger partial charge on any atom is -0.486 e. The van der Waals surface area contributed by atoms with Gasteiger partial charge in [-0.05, 0) is 42.4 Å². The molecule has 0 radical (unpaired) electrons. The Hall–Kier alpha value is -3.57. The Balaban J connectivity index is 1.38. The Bertz CT molecular complexity index is 1130. The molecule has 168 valence electrons. The molecule has 0 aliphatic carbocycles. The fourth-order valence-corrected chi connectivity index (χ4v) is 4.44. The molecule has 1 amide bonds. The van der Waals surface area contributed by atoms with E-state index in [1.54, 1.807) is 0 Å². The van der Waals surface area contributed by atoms with Gasteiger partial charge in [0.25, 0.3) is 5.91 Å². The fourth-order valence-electron chi connectivity index (χ4n) is 4.44. The number of rotatable bonds is 4. The molecule has 2 aliphatic heterocycles. The molecule has 0 atom stereocenters. The SMILES string of the molecule is CN1CCN(c2ccccc2/C=C2\OCCN(c3ccc(-c4ccccc4)cc3)C2=O)CC1. The summed E-state index contributed by atoms with van der Waals surface area (Å²) in [5, 5.41) is 0. The molecule has 5 nitrogen and oxygen atoms in total. The molecule has 33 heavy (non-hydrogen) atoms. The number of amides is 1. The van der Waals surface area contributed by atoms with Crippen molar-refractivity contribution in [2.75, 3.05) is 56.2 Å². The first-order chi connectivity index (χ1) is 16.2. The molecule has 3 aromatic carbocycles. The molecule has 5 heteroatoms. The van der Waals surface area contributed by atoms with Gasteiger partial charge in [-0.1, -0.05) is 60.7 Å². The van der Waals surface area contributed by atoms with Crippen molar-refractivity contribution in [3.05, 3.63) is 90.2 Å². The highest BCUT2D eigenvalue weighted by molar-refractivity contribution is 6.08. The summed E-state index contributed by atoms with van der Waals surface area (Å²) in [6, 6.07) is 26.7. The number of likely N-dealkylation sites (N-methyl/N-ethyl adjacent to an activating group) is 1. The minimum absolute atomic E-state index is 0.0955. The number of hydrogen-bond donors (Lipinski definition) is 0. The van der Waals surface area contributed by atoms with Crippen LogP contribution in [0.2, 0.25) is 0 Å². The second-order valence-corrected chi connectivity index (χ2v) is 8.58. The maximum atomic E-state index is 13.3. The Kier molecular flexibility index (Phi) is 6.13. The van der Waals surface area contributed by atoms with Crippen molar-refractivity contribution in [1.82, 2.24) is 4.90 Å². The normalized spacial score (nSPS) is 18.5. The van der Waals surface area contributed by atoms with Crippen molar-refractivity contribution in [3.63, 3.8) is 0 Å². The van der Waals surface area contributed by atoms with Crippen LogP contribution in [0.5, 0.6) is 0 Å². The molecule has 5 rings (SSSR count). The van der Waals surface area contributed by atoms with Gasteiger partial charge in [-0.2, -0.15) is 0 Å². The standard InChI is InChI=1S/C28H29N3O2/c1-29-15-17-30(18-16-29)26-10-6-5-9-24(26)21-27-28(32)31(19-20-33-27)25-13-11-23(12-14-25)22-7-3-2-4-8-22/h2-14,21H,15-20H2,1H3/b27-21-. The fraction of sp³-hybridized carbons (Fsp3) is 0.250. The van der Waals surface area contributed by atoms with Crippen LogP contribution in [-0.4, -0.2) is 57.2 Å². The van der Waals surface area contributed by atoms with E-state index in [9.17, 15) is 4.79 Å². The zero-order chi connectivity index (χ0) is 22.6. The van der Waals surface area contributed by atoms with Gasteiger partial charge in [-0.3, -0.25) is 4.79 Å². The van der Waals surface area contributed by atoms with Crippen LogP contribution in [0.4, 0.5) is 11.4 Å². The summed E-state index contributed by atoms with van der Waals surface area (Å²) < 4.78 is 5.84. The molecule has 2 fully saturated rings. The molecule has 0 N–H and O–H groups in total. The lowest BCUT2D eigenvalue weighted by Gasteiger charge is -2.35. The lowest BCUT2D eigenvalue weighted by molar-refractivity contribution is -0.120. The van der Waals surface area contributed by atoms with Crippen molar-refractivity contribution < 1.29 is 9.53 Å². The lowest BCUT2D eigenvalue weighted by Crippen LogP contribution is -2.44. The van der Waals surface area contributed by atoms with Gasteiger partial charge in [0.05, 0.1) is 6.54 Å². The predicted molar refractivity (Wildman–Crippen MR) is 134 cm³/mol. The first kappa shape index (κ1) is 21.3. The van der Waals surface area contributed by atoms with Crippen molar-refractivity contribution in [2.45, 2.75) is 0 Å². The van der Waals surface area contributed by atoms with Crippen LogP contribution in [0.25, 0.3) is 17.2 Å². The number of nitrogens with zero attached hydrogens (tertiary/aromatic N) is 3. The smallest absolute Gasteiger partial charge is 0.293 e. The van der Waals surface area contributed by atoms with Gasteiger partial charge in [0, 0.05) is 43.1 Å². The number of ether oxygens (including phenoxy) is 1. The lowest BCUT2D eigenvalue weighted by atomic mass is 10.1. The molecule has 0 bridgehead atoms. The molecule has 2 heterocycles. The Morgan fingerprint density at radius 3 is 2.18 bits per heavy atom. The van der Waals surface area contributed by atoms with E-state index >= 15 is 0 Å². The van der Waals surface area contributed by atoms with E-state index in [2.05, 4.69) is 59.3 Å². The number of hydrogen-bond acceptors (Lipinski definition) is 4. The predicted octanol–water partition coefficient (Wildman–Crippen LogP) is 4.51. The largest absolute Gasteiger partial charge is 0.486 e. The van der Waals surface area contributed by atoms with Gasteiger partial charge in [-0.25, -0.2) is 0 Å². The highest BCUT2D eigenvalue weighted by atomic mass is 16.5. The molecular weight excluding hydrogens is 410 g/mol. The van der Waals surface area contributed by atoms with Crippen molar-refractivity contribution in [3.8, 4) is 11.1 Å². The molecule has 0 spiro atoms. The summed E-state index contributed by atoms with van der Waals surface area (Å²) in [5.41, 5.74) is 5.36. The number of carbonyl (C=O) groups excluding carboxylic acids is 1. The Morgan fingerprint density at radius 2 is 1.42 bits per heavy atom. The van der Waals surface area contributed by atoms with E-state index in [-0.39, 0.29) is 5.91 Å². The van der Waals surface area contributed by atoms with E-state index in [1.165, 1.54) is 5.56 Å². The van der Waals surface area contributed by atoms with Crippen LogP contribution < -0.4 is 9.80 Å².